The highest BCUT2D eigenvalue weighted by atomic mass is 32.2. The summed E-state index contributed by atoms with van der Waals surface area (Å²) in [5.41, 5.74) is 5.47. The van der Waals surface area contributed by atoms with E-state index in [2.05, 4.69) is 11.9 Å². The lowest BCUT2D eigenvalue weighted by molar-refractivity contribution is 0.220. The van der Waals surface area contributed by atoms with Gasteiger partial charge in [0.2, 0.25) is 10.0 Å². The second-order valence-corrected chi connectivity index (χ2v) is 6.90. The SMILES string of the molecule is CC1CCN(S(=O)(=O)c2ccc(N)nc2)C(C)C1. The maximum absolute atomic E-state index is 12.5. The van der Waals surface area contributed by atoms with Gasteiger partial charge in [0.05, 0.1) is 0 Å². The average Bonchev–Trinajstić information content (AvgIpc) is 2.29. The Morgan fingerprint density at radius 1 is 1.39 bits per heavy atom. The van der Waals surface area contributed by atoms with Crippen LogP contribution in [0.3, 0.4) is 0 Å². The molecule has 18 heavy (non-hydrogen) atoms. The fraction of sp³-hybridized carbons (Fsp3) is 0.583. The van der Waals surface area contributed by atoms with Crippen molar-refractivity contribution in [2.24, 2.45) is 5.92 Å². The van der Waals surface area contributed by atoms with Gasteiger partial charge in [-0.1, -0.05) is 6.92 Å². The molecule has 6 heteroatoms. The van der Waals surface area contributed by atoms with E-state index in [0.29, 0.717) is 18.3 Å². The number of anilines is 1. The van der Waals surface area contributed by atoms with Gasteiger partial charge in [-0.05, 0) is 37.8 Å². The summed E-state index contributed by atoms with van der Waals surface area (Å²) in [6, 6.07) is 3.07. The van der Waals surface area contributed by atoms with Crippen LogP contribution in [-0.4, -0.2) is 30.3 Å². The molecule has 1 saturated heterocycles. The molecule has 1 aliphatic rings. The molecule has 1 fully saturated rings. The third kappa shape index (κ3) is 2.49. The largest absolute Gasteiger partial charge is 0.384 e. The Balaban J connectivity index is 2.28. The van der Waals surface area contributed by atoms with Crippen molar-refractivity contribution >= 4 is 15.8 Å². The van der Waals surface area contributed by atoms with Gasteiger partial charge in [-0.25, -0.2) is 13.4 Å². The van der Waals surface area contributed by atoms with E-state index < -0.39 is 10.0 Å². The van der Waals surface area contributed by atoms with Gasteiger partial charge < -0.3 is 5.73 Å². The molecule has 2 heterocycles. The normalized spacial score (nSPS) is 26.1. The van der Waals surface area contributed by atoms with Gasteiger partial charge in [0.1, 0.15) is 10.7 Å². The summed E-state index contributed by atoms with van der Waals surface area (Å²) >= 11 is 0. The first-order valence-corrected chi connectivity index (χ1v) is 7.58. The van der Waals surface area contributed by atoms with Crippen LogP contribution in [0, 0.1) is 5.92 Å². The second kappa shape index (κ2) is 4.85. The number of nitrogens with zero attached hydrogens (tertiary/aromatic N) is 2. The van der Waals surface area contributed by atoms with Gasteiger partial charge in [-0.2, -0.15) is 4.31 Å². The first-order chi connectivity index (χ1) is 8.41. The van der Waals surface area contributed by atoms with E-state index in [-0.39, 0.29) is 10.9 Å². The lowest BCUT2D eigenvalue weighted by Gasteiger charge is -2.35. The summed E-state index contributed by atoms with van der Waals surface area (Å²) in [4.78, 5) is 4.07. The summed E-state index contributed by atoms with van der Waals surface area (Å²) < 4.78 is 26.5. The zero-order valence-electron chi connectivity index (χ0n) is 10.7. The summed E-state index contributed by atoms with van der Waals surface area (Å²) in [5.74, 6) is 0.908. The van der Waals surface area contributed by atoms with E-state index >= 15 is 0 Å². The van der Waals surface area contributed by atoms with E-state index in [1.54, 1.807) is 4.31 Å². The van der Waals surface area contributed by atoms with Gasteiger partial charge in [0.15, 0.2) is 0 Å². The molecule has 0 spiro atoms. The highest BCUT2D eigenvalue weighted by Gasteiger charge is 2.33. The molecule has 1 aliphatic heterocycles. The highest BCUT2D eigenvalue weighted by Crippen LogP contribution is 2.27. The van der Waals surface area contributed by atoms with Gasteiger partial charge in [-0.15, -0.1) is 0 Å². The lowest BCUT2D eigenvalue weighted by atomic mass is 9.95. The Kier molecular flexibility index (Phi) is 3.59. The number of hydrogen-bond donors (Lipinski definition) is 1. The molecule has 2 rings (SSSR count). The number of nitrogen functional groups attached to an aromatic ring is 1. The summed E-state index contributed by atoms with van der Waals surface area (Å²) in [7, 11) is -3.44. The molecule has 0 saturated carbocycles. The zero-order chi connectivity index (χ0) is 13.3. The number of aromatic nitrogens is 1. The van der Waals surface area contributed by atoms with Crippen LogP contribution in [0.5, 0.6) is 0 Å². The van der Waals surface area contributed by atoms with Crippen LogP contribution in [0.25, 0.3) is 0 Å². The van der Waals surface area contributed by atoms with Crippen LogP contribution in [-0.2, 0) is 10.0 Å². The summed E-state index contributed by atoms with van der Waals surface area (Å²) in [6.45, 7) is 4.69. The zero-order valence-corrected chi connectivity index (χ0v) is 11.5. The Morgan fingerprint density at radius 3 is 2.67 bits per heavy atom. The standard InChI is InChI=1S/C12H19N3O2S/c1-9-5-6-15(10(2)7-9)18(16,17)11-3-4-12(13)14-8-11/h3-4,8-10H,5-7H2,1-2H3,(H2,13,14). The van der Waals surface area contributed by atoms with Crippen LogP contribution in [0.2, 0.25) is 0 Å². The second-order valence-electron chi connectivity index (χ2n) is 5.01. The predicted molar refractivity (Wildman–Crippen MR) is 70.4 cm³/mol. The number of hydrogen-bond acceptors (Lipinski definition) is 4. The van der Waals surface area contributed by atoms with Crippen molar-refractivity contribution in [3.05, 3.63) is 18.3 Å². The van der Waals surface area contributed by atoms with Crippen molar-refractivity contribution in [2.45, 2.75) is 37.6 Å². The number of nitrogens with two attached hydrogens (primary N) is 1. The molecule has 2 N–H and O–H groups in total. The molecule has 0 bridgehead atoms. The average molecular weight is 269 g/mol. The van der Waals surface area contributed by atoms with Crippen molar-refractivity contribution in [2.75, 3.05) is 12.3 Å². The fourth-order valence-electron chi connectivity index (χ4n) is 2.42. The maximum Gasteiger partial charge on any atom is 0.244 e. The van der Waals surface area contributed by atoms with E-state index in [4.69, 9.17) is 5.73 Å². The Morgan fingerprint density at radius 2 is 2.11 bits per heavy atom. The van der Waals surface area contributed by atoms with Gasteiger partial charge in [0, 0.05) is 18.8 Å². The maximum atomic E-state index is 12.5. The van der Waals surface area contributed by atoms with Crippen LogP contribution < -0.4 is 5.73 Å². The Labute approximate surface area is 108 Å². The van der Waals surface area contributed by atoms with Gasteiger partial charge in [-0.3, -0.25) is 0 Å². The molecule has 0 aromatic carbocycles. The molecular formula is C12H19N3O2S. The van der Waals surface area contributed by atoms with Crippen molar-refractivity contribution in [1.82, 2.24) is 9.29 Å². The minimum absolute atomic E-state index is 0.0382. The van der Waals surface area contributed by atoms with Crippen LogP contribution in [0.15, 0.2) is 23.2 Å². The van der Waals surface area contributed by atoms with Crippen LogP contribution >= 0.6 is 0 Å². The fourth-order valence-corrected chi connectivity index (χ4v) is 4.02. The van der Waals surface area contributed by atoms with Crippen molar-refractivity contribution in [3.8, 4) is 0 Å². The number of rotatable bonds is 2. The van der Waals surface area contributed by atoms with E-state index in [1.807, 2.05) is 6.92 Å². The molecule has 5 nitrogen and oxygen atoms in total. The quantitative estimate of drug-likeness (QED) is 0.882. The molecule has 0 radical (unpaired) electrons. The number of piperidine rings is 1. The first-order valence-electron chi connectivity index (χ1n) is 6.14. The summed E-state index contributed by atoms with van der Waals surface area (Å²) in [5, 5.41) is 0. The van der Waals surface area contributed by atoms with E-state index in [1.165, 1.54) is 18.3 Å². The molecular weight excluding hydrogens is 250 g/mol. The lowest BCUT2D eigenvalue weighted by Crippen LogP contribution is -2.44. The third-order valence-corrected chi connectivity index (χ3v) is 5.44. The van der Waals surface area contributed by atoms with Gasteiger partial charge >= 0.3 is 0 Å². The predicted octanol–water partition coefficient (Wildman–Crippen LogP) is 1.47. The Hall–Kier alpha value is -1.14. The summed E-state index contributed by atoms with van der Waals surface area (Å²) in [6.07, 6.45) is 3.14. The monoisotopic (exact) mass is 269 g/mol. The number of sulfonamides is 1. The molecule has 0 aliphatic carbocycles. The minimum atomic E-state index is -3.44. The molecule has 100 valence electrons. The van der Waals surface area contributed by atoms with E-state index in [9.17, 15) is 8.42 Å². The van der Waals surface area contributed by atoms with Crippen molar-refractivity contribution in [1.29, 1.82) is 0 Å². The van der Waals surface area contributed by atoms with Gasteiger partial charge in [0.25, 0.3) is 0 Å². The van der Waals surface area contributed by atoms with Crippen LogP contribution in [0.4, 0.5) is 5.82 Å². The molecule has 2 atom stereocenters. The molecule has 1 aromatic rings. The topological polar surface area (TPSA) is 76.3 Å². The van der Waals surface area contributed by atoms with Crippen LogP contribution in [0.1, 0.15) is 26.7 Å². The molecule has 2 unspecified atom stereocenters. The molecule has 0 amide bonds. The third-order valence-electron chi connectivity index (χ3n) is 3.44. The smallest absolute Gasteiger partial charge is 0.244 e. The number of pyridine rings is 1. The van der Waals surface area contributed by atoms with Crippen molar-refractivity contribution in [3.63, 3.8) is 0 Å². The highest BCUT2D eigenvalue weighted by molar-refractivity contribution is 7.89. The minimum Gasteiger partial charge on any atom is -0.384 e. The molecule has 1 aromatic heterocycles. The van der Waals surface area contributed by atoms with Crippen molar-refractivity contribution < 1.29 is 8.42 Å². The van der Waals surface area contributed by atoms with E-state index in [0.717, 1.165) is 12.8 Å². The first kappa shape index (κ1) is 13.3. The Bertz CT molecular complexity index is 513.